The number of sulfone groups is 1. The number of fused-ring (bicyclic) bond motifs is 1. The number of benzene rings is 1. The summed E-state index contributed by atoms with van der Waals surface area (Å²) in [7, 11) is -2.95. The second-order valence-corrected chi connectivity index (χ2v) is 8.50. The van der Waals surface area contributed by atoms with Crippen molar-refractivity contribution >= 4 is 37.5 Å². The molecule has 0 saturated carbocycles. The molecule has 0 amide bonds. The molecule has 1 aromatic heterocycles. The van der Waals surface area contributed by atoms with Crippen molar-refractivity contribution in [3.05, 3.63) is 35.8 Å². The molecule has 0 saturated heterocycles. The van der Waals surface area contributed by atoms with Crippen molar-refractivity contribution in [2.75, 3.05) is 17.8 Å². The van der Waals surface area contributed by atoms with Gasteiger partial charge in [0.1, 0.15) is 20.7 Å². The van der Waals surface area contributed by atoms with Crippen LogP contribution in [0.3, 0.4) is 0 Å². The van der Waals surface area contributed by atoms with Gasteiger partial charge in [-0.3, -0.25) is 4.99 Å². The van der Waals surface area contributed by atoms with Crippen molar-refractivity contribution in [1.82, 2.24) is 4.98 Å². The maximum atomic E-state index is 13.2. The van der Waals surface area contributed by atoms with Gasteiger partial charge >= 0.3 is 0 Å². The van der Waals surface area contributed by atoms with Gasteiger partial charge in [0.05, 0.1) is 17.5 Å². The highest BCUT2D eigenvalue weighted by Gasteiger charge is 2.21. The summed E-state index contributed by atoms with van der Waals surface area (Å²) >= 11 is 1.60. The first-order valence-corrected chi connectivity index (χ1v) is 9.62. The van der Waals surface area contributed by atoms with Gasteiger partial charge in [-0.15, -0.1) is 11.8 Å². The van der Waals surface area contributed by atoms with E-state index in [2.05, 4.69) is 9.98 Å². The van der Waals surface area contributed by atoms with Gasteiger partial charge < -0.3 is 4.98 Å². The van der Waals surface area contributed by atoms with Crippen LogP contribution in [0.1, 0.15) is 12.1 Å². The van der Waals surface area contributed by atoms with Crippen molar-refractivity contribution in [1.29, 1.82) is 0 Å². The SMILES string of the molecule is CS(=O)(=O)CC[C@@H]1CSC(c2cc3cc(F)ccc3[nH]2)=N1. The number of nitrogens with zero attached hydrogens (tertiary/aromatic N) is 1. The summed E-state index contributed by atoms with van der Waals surface area (Å²) in [6, 6.07) is 6.51. The molecular formula is C14H15FN2O2S2. The number of hydrogen-bond donors (Lipinski definition) is 1. The molecule has 1 aliphatic rings. The van der Waals surface area contributed by atoms with Gasteiger partial charge in [0.15, 0.2) is 0 Å². The summed E-state index contributed by atoms with van der Waals surface area (Å²) in [6.45, 7) is 0. The van der Waals surface area contributed by atoms with Crippen LogP contribution in [-0.2, 0) is 9.84 Å². The average molecular weight is 326 g/mol. The highest BCUT2D eigenvalue weighted by molar-refractivity contribution is 8.14. The van der Waals surface area contributed by atoms with Crippen LogP contribution in [0.2, 0.25) is 0 Å². The minimum absolute atomic E-state index is 0.0304. The van der Waals surface area contributed by atoms with Crippen LogP contribution in [-0.4, -0.2) is 42.2 Å². The smallest absolute Gasteiger partial charge is 0.147 e. The van der Waals surface area contributed by atoms with Crippen LogP contribution in [0.25, 0.3) is 10.9 Å². The van der Waals surface area contributed by atoms with E-state index >= 15 is 0 Å². The van der Waals surface area contributed by atoms with Gasteiger partial charge in [-0.1, -0.05) is 0 Å². The normalized spacial score (nSPS) is 19.1. The molecule has 0 radical (unpaired) electrons. The lowest BCUT2D eigenvalue weighted by Crippen LogP contribution is -2.12. The van der Waals surface area contributed by atoms with Crippen molar-refractivity contribution in [3.8, 4) is 0 Å². The molecule has 0 fully saturated rings. The van der Waals surface area contributed by atoms with E-state index < -0.39 is 9.84 Å². The molecule has 0 spiro atoms. The Morgan fingerprint density at radius 2 is 2.24 bits per heavy atom. The second kappa shape index (κ2) is 5.46. The lowest BCUT2D eigenvalue weighted by Gasteiger charge is -2.03. The van der Waals surface area contributed by atoms with Gasteiger partial charge in [0.2, 0.25) is 0 Å². The predicted molar refractivity (Wildman–Crippen MR) is 85.4 cm³/mol. The molecule has 3 rings (SSSR count). The quantitative estimate of drug-likeness (QED) is 0.939. The molecule has 2 heterocycles. The zero-order valence-electron chi connectivity index (χ0n) is 11.5. The summed E-state index contributed by atoms with van der Waals surface area (Å²) in [5.74, 6) is 0.682. The van der Waals surface area contributed by atoms with Crippen LogP contribution in [0, 0.1) is 5.82 Å². The topological polar surface area (TPSA) is 62.3 Å². The molecule has 0 bridgehead atoms. The van der Waals surface area contributed by atoms with Gasteiger partial charge in [-0.2, -0.15) is 0 Å². The number of thioether (sulfide) groups is 1. The Morgan fingerprint density at radius 3 is 3.00 bits per heavy atom. The number of hydrogen-bond acceptors (Lipinski definition) is 4. The summed E-state index contributed by atoms with van der Waals surface area (Å²) in [5, 5.41) is 1.68. The molecule has 1 aliphatic heterocycles. The summed E-state index contributed by atoms with van der Waals surface area (Å²) in [4.78, 5) is 7.79. The second-order valence-electron chi connectivity index (χ2n) is 5.23. The van der Waals surface area contributed by atoms with Gasteiger partial charge in [0, 0.05) is 22.9 Å². The van der Waals surface area contributed by atoms with Crippen molar-refractivity contribution in [2.45, 2.75) is 12.5 Å². The number of H-pyrrole nitrogens is 1. The van der Waals surface area contributed by atoms with E-state index in [1.807, 2.05) is 6.07 Å². The van der Waals surface area contributed by atoms with E-state index in [9.17, 15) is 12.8 Å². The molecule has 0 unspecified atom stereocenters. The largest absolute Gasteiger partial charge is 0.353 e. The molecule has 1 N–H and O–H groups in total. The number of aromatic nitrogens is 1. The first-order chi connectivity index (χ1) is 9.90. The molecule has 112 valence electrons. The first-order valence-electron chi connectivity index (χ1n) is 6.58. The number of aliphatic imine (C=N–C) groups is 1. The predicted octanol–water partition coefficient (Wildman–Crippen LogP) is 2.60. The Hall–Kier alpha value is -1.34. The standard InChI is InChI=1S/C14H15FN2O2S2/c1-21(18,19)5-4-11-8-20-14(16-11)13-7-9-6-10(15)2-3-12(9)17-13/h2-3,6-7,11,17H,4-5,8H2,1H3/t11-/m1/s1. The zero-order chi connectivity index (χ0) is 15.0. The Labute approximate surface area is 126 Å². The Bertz CT molecular complexity index is 811. The molecule has 1 atom stereocenters. The number of halogens is 1. The molecule has 7 heteroatoms. The third-order valence-corrected chi connectivity index (χ3v) is 5.47. The third-order valence-electron chi connectivity index (χ3n) is 3.35. The van der Waals surface area contributed by atoms with E-state index in [1.165, 1.54) is 18.4 Å². The Kier molecular flexibility index (Phi) is 3.79. The lowest BCUT2D eigenvalue weighted by atomic mass is 10.2. The number of rotatable bonds is 4. The van der Waals surface area contributed by atoms with Gasteiger partial charge in [-0.05, 0) is 30.7 Å². The number of aromatic amines is 1. The van der Waals surface area contributed by atoms with Crippen LogP contribution in [0.15, 0.2) is 29.3 Å². The summed E-state index contributed by atoms with van der Waals surface area (Å²) in [5.41, 5.74) is 1.73. The minimum Gasteiger partial charge on any atom is -0.353 e. The maximum Gasteiger partial charge on any atom is 0.147 e. The summed E-state index contributed by atoms with van der Waals surface area (Å²) < 4.78 is 35.6. The van der Waals surface area contributed by atoms with Crippen LogP contribution < -0.4 is 0 Å². The fourth-order valence-corrected chi connectivity index (χ4v) is 4.06. The van der Waals surface area contributed by atoms with Crippen molar-refractivity contribution in [3.63, 3.8) is 0 Å². The molecule has 1 aromatic carbocycles. The van der Waals surface area contributed by atoms with Crippen LogP contribution >= 0.6 is 11.8 Å². The van der Waals surface area contributed by atoms with E-state index in [0.29, 0.717) is 6.42 Å². The molecule has 2 aromatic rings. The van der Waals surface area contributed by atoms with Gasteiger partial charge in [-0.25, -0.2) is 12.8 Å². The fourth-order valence-electron chi connectivity index (χ4n) is 2.28. The molecular weight excluding hydrogens is 311 g/mol. The van der Waals surface area contributed by atoms with E-state index in [0.717, 1.165) is 27.4 Å². The van der Waals surface area contributed by atoms with E-state index in [-0.39, 0.29) is 17.6 Å². The zero-order valence-corrected chi connectivity index (χ0v) is 13.1. The van der Waals surface area contributed by atoms with E-state index in [1.54, 1.807) is 17.8 Å². The maximum absolute atomic E-state index is 13.2. The Morgan fingerprint density at radius 1 is 1.43 bits per heavy atom. The highest BCUT2D eigenvalue weighted by Crippen LogP contribution is 2.27. The average Bonchev–Trinajstić information content (AvgIpc) is 3.00. The van der Waals surface area contributed by atoms with Crippen molar-refractivity contribution in [2.24, 2.45) is 4.99 Å². The third kappa shape index (κ3) is 3.47. The van der Waals surface area contributed by atoms with Crippen molar-refractivity contribution < 1.29 is 12.8 Å². The highest BCUT2D eigenvalue weighted by atomic mass is 32.2. The molecule has 4 nitrogen and oxygen atoms in total. The lowest BCUT2D eigenvalue weighted by molar-refractivity contribution is 0.594. The minimum atomic E-state index is -2.95. The molecule has 0 aliphatic carbocycles. The Balaban J connectivity index is 1.79. The van der Waals surface area contributed by atoms with Crippen LogP contribution in [0.4, 0.5) is 4.39 Å². The monoisotopic (exact) mass is 326 g/mol. The van der Waals surface area contributed by atoms with E-state index in [4.69, 9.17) is 0 Å². The number of nitrogens with one attached hydrogen (secondary N) is 1. The summed E-state index contributed by atoms with van der Waals surface area (Å²) in [6.07, 6.45) is 1.79. The van der Waals surface area contributed by atoms with Gasteiger partial charge in [0.25, 0.3) is 0 Å². The first kappa shape index (κ1) is 14.6. The van der Waals surface area contributed by atoms with Crippen LogP contribution in [0.5, 0.6) is 0 Å². The fraction of sp³-hybridized carbons (Fsp3) is 0.357. The molecule has 21 heavy (non-hydrogen) atoms.